The second-order valence-electron chi connectivity index (χ2n) is 5.64. The molecule has 2 rings (SSSR count). The summed E-state index contributed by atoms with van der Waals surface area (Å²) in [5.74, 6) is -0.378. The average molecular weight is 359 g/mol. The third-order valence-corrected chi connectivity index (χ3v) is 4.49. The van der Waals surface area contributed by atoms with Crippen molar-refractivity contribution in [2.75, 3.05) is 5.32 Å². The number of aromatic amines is 1. The third kappa shape index (κ3) is 5.29. The van der Waals surface area contributed by atoms with Crippen molar-refractivity contribution in [1.82, 2.24) is 9.97 Å². The molecule has 1 aromatic heterocycles. The summed E-state index contributed by atoms with van der Waals surface area (Å²) in [6, 6.07) is 8.34. The molecule has 1 amide bonds. The zero-order valence-corrected chi connectivity index (χ0v) is 15.3. The fourth-order valence-corrected chi connectivity index (χ4v) is 3.11. The van der Waals surface area contributed by atoms with Crippen LogP contribution in [-0.4, -0.2) is 26.9 Å². The summed E-state index contributed by atoms with van der Waals surface area (Å²) in [5, 5.41) is 2.70. The summed E-state index contributed by atoms with van der Waals surface area (Å²) < 4.78 is 0. The van der Waals surface area contributed by atoms with Gasteiger partial charge in [-0.1, -0.05) is 37.2 Å². The van der Waals surface area contributed by atoms with Crippen LogP contribution >= 0.6 is 11.8 Å². The van der Waals surface area contributed by atoms with Crippen molar-refractivity contribution in [2.45, 2.75) is 44.0 Å². The van der Waals surface area contributed by atoms with Gasteiger partial charge in [-0.3, -0.25) is 14.4 Å². The molecule has 1 aromatic carbocycles. The highest BCUT2D eigenvalue weighted by Crippen LogP contribution is 2.22. The van der Waals surface area contributed by atoms with E-state index in [9.17, 15) is 14.4 Å². The molecule has 0 fully saturated rings. The number of para-hydroxylation sites is 1. The third-order valence-electron chi connectivity index (χ3n) is 3.50. The highest BCUT2D eigenvalue weighted by molar-refractivity contribution is 8.00. The van der Waals surface area contributed by atoms with Gasteiger partial charge in [0.25, 0.3) is 5.56 Å². The van der Waals surface area contributed by atoms with E-state index in [4.69, 9.17) is 0 Å². The van der Waals surface area contributed by atoms with E-state index in [0.29, 0.717) is 28.5 Å². The predicted octanol–water partition coefficient (Wildman–Crippen LogP) is 3.04. The SMILES string of the molecule is CCCc1cc(=O)[nH]c(S[C@@H](C)C(=O)Nc2ccccc2C(C)=O)n1. The number of thioether (sulfide) groups is 1. The minimum absolute atomic E-state index is 0.116. The average Bonchev–Trinajstić information content (AvgIpc) is 2.54. The second-order valence-corrected chi connectivity index (χ2v) is 6.97. The first-order valence-corrected chi connectivity index (χ1v) is 8.96. The van der Waals surface area contributed by atoms with Crippen molar-refractivity contribution in [3.05, 3.63) is 51.9 Å². The molecule has 0 aliphatic carbocycles. The molecular weight excluding hydrogens is 338 g/mol. The molecule has 2 aromatic rings. The number of hydrogen-bond donors (Lipinski definition) is 2. The Morgan fingerprint density at radius 3 is 2.72 bits per heavy atom. The van der Waals surface area contributed by atoms with Crippen LogP contribution in [0.5, 0.6) is 0 Å². The maximum Gasteiger partial charge on any atom is 0.251 e. The fraction of sp³-hybridized carbons (Fsp3) is 0.333. The van der Waals surface area contributed by atoms with E-state index >= 15 is 0 Å². The second kappa shape index (κ2) is 8.62. The lowest BCUT2D eigenvalue weighted by atomic mass is 10.1. The molecule has 1 heterocycles. The van der Waals surface area contributed by atoms with Gasteiger partial charge in [-0.05, 0) is 32.4 Å². The number of carbonyl (C=O) groups is 2. The minimum Gasteiger partial charge on any atom is -0.324 e. The molecule has 0 aliphatic heterocycles. The maximum atomic E-state index is 12.4. The van der Waals surface area contributed by atoms with Gasteiger partial charge in [0, 0.05) is 17.3 Å². The van der Waals surface area contributed by atoms with E-state index < -0.39 is 5.25 Å². The van der Waals surface area contributed by atoms with Crippen LogP contribution in [0.3, 0.4) is 0 Å². The molecule has 0 spiro atoms. The van der Waals surface area contributed by atoms with Gasteiger partial charge in [-0.15, -0.1) is 0 Å². The molecule has 6 nitrogen and oxygen atoms in total. The van der Waals surface area contributed by atoms with Crippen LogP contribution in [0.15, 0.2) is 40.3 Å². The number of aryl methyl sites for hydroxylation is 1. The summed E-state index contributed by atoms with van der Waals surface area (Å²) in [5.41, 5.74) is 1.43. The maximum absolute atomic E-state index is 12.4. The molecule has 132 valence electrons. The zero-order valence-electron chi connectivity index (χ0n) is 14.5. The quantitative estimate of drug-likeness (QED) is 0.450. The molecule has 0 unspecified atom stereocenters. The smallest absolute Gasteiger partial charge is 0.251 e. The van der Waals surface area contributed by atoms with Crippen LogP contribution in [0.2, 0.25) is 0 Å². The van der Waals surface area contributed by atoms with Crippen LogP contribution in [-0.2, 0) is 11.2 Å². The summed E-state index contributed by atoms with van der Waals surface area (Å²) in [6.07, 6.45) is 1.60. The summed E-state index contributed by atoms with van der Waals surface area (Å²) in [6.45, 7) is 5.19. The predicted molar refractivity (Wildman–Crippen MR) is 99.2 cm³/mol. The van der Waals surface area contributed by atoms with Crippen LogP contribution in [0, 0.1) is 0 Å². The van der Waals surface area contributed by atoms with Gasteiger partial charge in [0.15, 0.2) is 10.9 Å². The Hall–Kier alpha value is -2.41. The normalized spacial score (nSPS) is 11.8. The van der Waals surface area contributed by atoms with Crippen molar-refractivity contribution < 1.29 is 9.59 Å². The van der Waals surface area contributed by atoms with Crippen LogP contribution < -0.4 is 10.9 Å². The number of aromatic nitrogens is 2. The number of benzene rings is 1. The molecule has 0 aliphatic rings. The summed E-state index contributed by atoms with van der Waals surface area (Å²) >= 11 is 1.18. The van der Waals surface area contributed by atoms with E-state index in [1.54, 1.807) is 31.2 Å². The number of nitrogens with one attached hydrogen (secondary N) is 2. The van der Waals surface area contributed by atoms with E-state index in [0.717, 1.165) is 6.42 Å². The summed E-state index contributed by atoms with van der Waals surface area (Å²) in [4.78, 5) is 42.8. The highest BCUT2D eigenvalue weighted by Gasteiger charge is 2.18. The van der Waals surface area contributed by atoms with E-state index in [1.807, 2.05) is 6.92 Å². The largest absolute Gasteiger partial charge is 0.324 e. The Kier molecular flexibility index (Phi) is 6.52. The molecule has 7 heteroatoms. The van der Waals surface area contributed by atoms with Gasteiger partial charge in [0.2, 0.25) is 5.91 Å². The number of ketones is 1. The van der Waals surface area contributed by atoms with E-state index in [-0.39, 0.29) is 17.2 Å². The number of amides is 1. The first-order chi connectivity index (χ1) is 11.9. The molecule has 2 N–H and O–H groups in total. The van der Waals surface area contributed by atoms with Crippen molar-refractivity contribution in [2.24, 2.45) is 0 Å². The van der Waals surface area contributed by atoms with Gasteiger partial charge < -0.3 is 10.3 Å². The lowest BCUT2D eigenvalue weighted by molar-refractivity contribution is -0.115. The summed E-state index contributed by atoms with van der Waals surface area (Å²) in [7, 11) is 0. The van der Waals surface area contributed by atoms with Crippen molar-refractivity contribution in [3.63, 3.8) is 0 Å². The number of hydrogen-bond acceptors (Lipinski definition) is 5. The van der Waals surface area contributed by atoms with Crippen molar-refractivity contribution >= 4 is 29.1 Å². The molecule has 0 saturated carbocycles. The first kappa shape index (κ1) is 18.9. The molecule has 25 heavy (non-hydrogen) atoms. The Labute approximate surface area is 150 Å². The van der Waals surface area contributed by atoms with Crippen LogP contribution in [0.1, 0.15) is 43.2 Å². The number of carbonyl (C=O) groups excluding carboxylic acids is 2. The van der Waals surface area contributed by atoms with Crippen molar-refractivity contribution in [3.8, 4) is 0 Å². The molecular formula is C18H21N3O3S. The number of rotatable bonds is 7. The van der Waals surface area contributed by atoms with E-state index in [1.165, 1.54) is 24.8 Å². The Bertz CT molecular complexity index is 832. The van der Waals surface area contributed by atoms with Gasteiger partial charge >= 0.3 is 0 Å². The fourth-order valence-electron chi connectivity index (χ4n) is 2.28. The van der Waals surface area contributed by atoms with Gasteiger partial charge in [0.1, 0.15) is 0 Å². The molecule has 0 bridgehead atoms. The molecule has 0 radical (unpaired) electrons. The highest BCUT2D eigenvalue weighted by atomic mass is 32.2. The molecule has 0 saturated heterocycles. The lowest BCUT2D eigenvalue weighted by Crippen LogP contribution is -2.24. The number of H-pyrrole nitrogens is 1. The Morgan fingerprint density at radius 2 is 2.04 bits per heavy atom. The Balaban J connectivity index is 2.11. The first-order valence-electron chi connectivity index (χ1n) is 8.08. The Morgan fingerprint density at radius 1 is 1.32 bits per heavy atom. The van der Waals surface area contributed by atoms with Gasteiger partial charge in [-0.25, -0.2) is 4.98 Å². The van der Waals surface area contributed by atoms with Crippen LogP contribution in [0.4, 0.5) is 5.69 Å². The number of anilines is 1. The standard InChI is InChI=1S/C18H21N3O3S/c1-4-7-13-10-16(23)21-18(19-13)25-12(3)17(24)20-15-9-6-5-8-14(15)11(2)22/h5-6,8-10,12H,4,7H2,1-3H3,(H,20,24)(H,19,21,23)/t12-/m0/s1. The van der Waals surface area contributed by atoms with Gasteiger partial charge in [0.05, 0.1) is 10.9 Å². The monoisotopic (exact) mass is 359 g/mol. The zero-order chi connectivity index (χ0) is 18.4. The lowest BCUT2D eigenvalue weighted by Gasteiger charge is -2.13. The van der Waals surface area contributed by atoms with Gasteiger partial charge in [-0.2, -0.15) is 0 Å². The van der Waals surface area contributed by atoms with Crippen molar-refractivity contribution in [1.29, 1.82) is 0 Å². The van der Waals surface area contributed by atoms with Crippen LogP contribution in [0.25, 0.3) is 0 Å². The topological polar surface area (TPSA) is 91.9 Å². The van der Waals surface area contributed by atoms with E-state index in [2.05, 4.69) is 15.3 Å². The molecule has 1 atom stereocenters. The number of nitrogens with zero attached hydrogens (tertiary/aromatic N) is 1. The number of Topliss-reactive ketones (excluding diaryl/α,β-unsaturated/α-hetero) is 1. The minimum atomic E-state index is -0.486.